The number of nitrogens with one attached hydrogen (secondary N) is 2. The molecule has 0 saturated heterocycles. The monoisotopic (exact) mass is 456 g/mol. The quantitative estimate of drug-likeness (QED) is 0.341. The predicted molar refractivity (Wildman–Crippen MR) is 130 cm³/mol. The van der Waals surface area contributed by atoms with Crippen molar-refractivity contribution in [2.45, 2.75) is 20.5 Å². The molecule has 4 aromatic rings. The van der Waals surface area contributed by atoms with Crippen molar-refractivity contribution in [2.75, 3.05) is 0 Å². The Hall–Kier alpha value is -4.59. The molecule has 0 atom stereocenters. The fraction of sp³-hybridized carbons (Fsp3) is 0.115. The van der Waals surface area contributed by atoms with E-state index in [-0.39, 0.29) is 17.7 Å². The number of hydrogen-bond donors (Lipinski definition) is 2. The lowest BCUT2D eigenvalue weighted by molar-refractivity contribution is -0.140. The summed E-state index contributed by atoms with van der Waals surface area (Å²) in [7, 11) is 0. The van der Waals surface area contributed by atoms with Crippen molar-refractivity contribution in [3.8, 4) is 11.4 Å². The minimum Gasteiger partial charge on any atom is -0.457 e. The summed E-state index contributed by atoms with van der Waals surface area (Å²) in [5, 5.41) is 6.68. The van der Waals surface area contributed by atoms with Crippen molar-refractivity contribution in [2.24, 2.45) is 0 Å². The molecule has 0 amide bonds. The topological polar surface area (TPSA) is 102 Å². The average molecular weight is 457 g/mol. The van der Waals surface area contributed by atoms with Crippen molar-refractivity contribution in [1.82, 2.24) is 19.6 Å². The maximum absolute atomic E-state index is 13.1. The van der Waals surface area contributed by atoms with Gasteiger partial charge in [0.1, 0.15) is 6.61 Å². The van der Waals surface area contributed by atoms with Gasteiger partial charge >= 0.3 is 5.97 Å². The van der Waals surface area contributed by atoms with Gasteiger partial charge in [0.15, 0.2) is 0 Å². The Balaban J connectivity index is 1.68. The van der Waals surface area contributed by atoms with Crippen molar-refractivity contribution in [3.05, 3.63) is 115 Å². The first kappa shape index (κ1) is 22.6. The minimum absolute atomic E-state index is 0.103. The van der Waals surface area contributed by atoms with Crippen molar-refractivity contribution < 1.29 is 9.53 Å². The average Bonchev–Trinajstić information content (AvgIpc) is 3.28. The van der Waals surface area contributed by atoms with Gasteiger partial charge in [0.2, 0.25) is 0 Å². The van der Waals surface area contributed by atoms with Gasteiger partial charge in [0.25, 0.3) is 11.1 Å². The van der Waals surface area contributed by atoms with Crippen LogP contribution >= 0.6 is 0 Å². The van der Waals surface area contributed by atoms with Crippen LogP contribution in [0.5, 0.6) is 0 Å². The van der Waals surface area contributed by atoms with E-state index in [0.717, 1.165) is 5.56 Å². The number of aryl methyl sites for hydroxylation is 1. The van der Waals surface area contributed by atoms with E-state index in [9.17, 15) is 14.4 Å². The second kappa shape index (κ2) is 9.11. The number of H-pyrrole nitrogens is 2. The standard InChI is InChI=1S/C26H24N4O4/c1-16(2)26(33)34-15-19-10-12-21(13-11-19)30-25(32)23(18(4)28-30)14-22-17(3)27-29(24(22)31)20-8-6-5-7-9-20/h5-14,27-28H,1,4,15H2,2-3H3. The van der Waals surface area contributed by atoms with Crippen LogP contribution in [0.1, 0.15) is 23.7 Å². The molecule has 0 bridgehead atoms. The van der Waals surface area contributed by atoms with E-state index in [1.54, 1.807) is 44.2 Å². The molecule has 8 nitrogen and oxygen atoms in total. The third-order valence-corrected chi connectivity index (χ3v) is 5.34. The van der Waals surface area contributed by atoms with Gasteiger partial charge in [0, 0.05) is 11.3 Å². The van der Waals surface area contributed by atoms with Gasteiger partial charge in [-0.25, -0.2) is 14.2 Å². The van der Waals surface area contributed by atoms with Crippen LogP contribution in [0.2, 0.25) is 0 Å². The lowest BCUT2D eigenvalue weighted by Crippen LogP contribution is -2.34. The van der Waals surface area contributed by atoms with Crippen LogP contribution < -0.4 is 21.7 Å². The van der Waals surface area contributed by atoms with Crippen LogP contribution in [-0.4, -0.2) is 25.5 Å². The molecule has 4 rings (SSSR count). The molecule has 8 heteroatoms. The van der Waals surface area contributed by atoms with Crippen molar-refractivity contribution >= 4 is 18.6 Å². The first-order valence-corrected chi connectivity index (χ1v) is 10.6. The van der Waals surface area contributed by atoms with Crippen molar-refractivity contribution in [3.63, 3.8) is 0 Å². The van der Waals surface area contributed by atoms with Crippen LogP contribution in [0.4, 0.5) is 0 Å². The van der Waals surface area contributed by atoms with Gasteiger partial charge < -0.3 is 4.74 Å². The summed E-state index contributed by atoms with van der Waals surface area (Å²) < 4.78 is 7.94. The molecule has 0 aliphatic carbocycles. The Morgan fingerprint density at radius 2 is 1.59 bits per heavy atom. The number of aromatic nitrogens is 4. The summed E-state index contributed by atoms with van der Waals surface area (Å²) in [5.41, 5.74) is 2.79. The fourth-order valence-corrected chi connectivity index (χ4v) is 3.47. The van der Waals surface area contributed by atoms with E-state index in [1.165, 1.54) is 9.36 Å². The highest BCUT2D eigenvalue weighted by Gasteiger charge is 2.12. The third kappa shape index (κ3) is 4.33. The van der Waals surface area contributed by atoms with Gasteiger partial charge in [-0.1, -0.05) is 43.5 Å². The van der Waals surface area contributed by atoms with E-state index in [2.05, 4.69) is 23.4 Å². The molecular formula is C26H24N4O4. The molecule has 34 heavy (non-hydrogen) atoms. The molecular weight excluding hydrogens is 432 g/mol. The van der Waals surface area contributed by atoms with Gasteiger partial charge in [-0.15, -0.1) is 0 Å². The summed E-state index contributed by atoms with van der Waals surface area (Å²) in [6.07, 6.45) is 1.55. The van der Waals surface area contributed by atoms with Crippen LogP contribution in [-0.2, 0) is 16.1 Å². The molecule has 2 N–H and O–H groups in total. The Kier molecular flexibility index (Phi) is 6.05. The van der Waals surface area contributed by atoms with Crippen LogP contribution in [0.15, 0.2) is 76.3 Å². The first-order chi connectivity index (χ1) is 16.3. The number of rotatable bonds is 6. The molecule has 0 aliphatic rings. The molecule has 0 fully saturated rings. The smallest absolute Gasteiger partial charge is 0.333 e. The predicted octanol–water partition coefficient (Wildman–Crippen LogP) is 1.81. The number of hydrogen-bond acceptors (Lipinski definition) is 4. The SMILES string of the molecule is C=C(C)C(=O)OCc1ccc(-n2[nH]c(=C)c(=Cc3c(C)[nH]n(-c4ccccc4)c3=O)c2=O)cc1. The highest BCUT2D eigenvalue weighted by atomic mass is 16.5. The number of aromatic amines is 2. The summed E-state index contributed by atoms with van der Waals surface area (Å²) in [6.45, 7) is 11.0. The lowest BCUT2D eigenvalue weighted by atomic mass is 10.2. The highest BCUT2D eigenvalue weighted by Crippen LogP contribution is 2.09. The molecule has 2 aromatic heterocycles. The Bertz CT molecular complexity index is 1600. The largest absolute Gasteiger partial charge is 0.457 e. The third-order valence-electron chi connectivity index (χ3n) is 5.34. The number of benzene rings is 2. The van der Waals surface area contributed by atoms with Gasteiger partial charge in [-0.05, 0) is 49.8 Å². The van der Waals surface area contributed by atoms with E-state index in [1.807, 2.05) is 30.3 Å². The van der Waals surface area contributed by atoms with Crippen molar-refractivity contribution in [1.29, 1.82) is 0 Å². The second-order valence-corrected chi connectivity index (χ2v) is 7.94. The van der Waals surface area contributed by atoms with E-state index in [0.29, 0.717) is 38.8 Å². The number of ether oxygens (including phenoxy) is 1. The highest BCUT2D eigenvalue weighted by molar-refractivity contribution is 5.86. The molecule has 2 heterocycles. The van der Waals surface area contributed by atoms with E-state index >= 15 is 0 Å². The zero-order chi connectivity index (χ0) is 24.4. The van der Waals surface area contributed by atoms with Crippen LogP contribution in [0.25, 0.3) is 24.0 Å². The van der Waals surface area contributed by atoms with E-state index in [4.69, 9.17) is 4.74 Å². The molecule has 2 aromatic carbocycles. The van der Waals surface area contributed by atoms with Crippen LogP contribution in [0.3, 0.4) is 0 Å². The fourth-order valence-electron chi connectivity index (χ4n) is 3.47. The Morgan fingerprint density at radius 3 is 2.24 bits per heavy atom. The molecule has 0 saturated carbocycles. The summed E-state index contributed by atoms with van der Waals surface area (Å²) in [5.74, 6) is -0.460. The lowest BCUT2D eigenvalue weighted by Gasteiger charge is -2.06. The summed E-state index contributed by atoms with van der Waals surface area (Å²) in [4.78, 5) is 37.7. The molecule has 0 unspecified atom stereocenters. The Morgan fingerprint density at radius 1 is 0.971 bits per heavy atom. The number of carbonyl (C=O) groups is 1. The summed E-state index contributed by atoms with van der Waals surface area (Å²) >= 11 is 0. The number of carbonyl (C=O) groups excluding carboxylic acids is 1. The first-order valence-electron chi connectivity index (χ1n) is 10.6. The summed E-state index contributed by atoms with van der Waals surface area (Å²) in [6, 6.07) is 16.2. The van der Waals surface area contributed by atoms with Crippen LogP contribution in [0, 0.1) is 6.92 Å². The molecule has 0 spiro atoms. The van der Waals surface area contributed by atoms with Gasteiger partial charge in [-0.2, -0.15) is 0 Å². The Labute approximate surface area is 194 Å². The molecule has 0 radical (unpaired) electrons. The minimum atomic E-state index is -0.460. The van der Waals surface area contributed by atoms with E-state index < -0.39 is 5.97 Å². The maximum atomic E-state index is 13.1. The number of esters is 1. The van der Waals surface area contributed by atoms with Gasteiger partial charge in [0.05, 0.1) is 27.5 Å². The maximum Gasteiger partial charge on any atom is 0.333 e. The van der Waals surface area contributed by atoms with Gasteiger partial charge in [-0.3, -0.25) is 19.8 Å². The molecule has 0 aliphatic heterocycles. The number of nitrogens with zero attached hydrogens (tertiary/aromatic N) is 2. The normalized spacial score (nSPS) is 11.5. The number of para-hydroxylation sites is 1. The zero-order valence-corrected chi connectivity index (χ0v) is 18.9. The zero-order valence-electron chi connectivity index (χ0n) is 18.9. The second-order valence-electron chi connectivity index (χ2n) is 7.94. The molecule has 172 valence electrons.